The summed E-state index contributed by atoms with van der Waals surface area (Å²) in [5, 5.41) is 0. The highest BCUT2D eigenvalue weighted by atomic mass is 17.3. The molecule has 120 valence electrons. The molecular formula is C16H32O4. The normalized spacial score (nSPS) is 21.3. The van der Waals surface area contributed by atoms with E-state index < -0.39 is 5.79 Å². The van der Waals surface area contributed by atoms with Gasteiger partial charge < -0.3 is 0 Å². The van der Waals surface area contributed by atoms with Gasteiger partial charge in [-0.25, -0.2) is 9.78 Å². The van der Waals surface area contributed by atoms with Gasteiger partial charge in [-0.2, -0.15) is 9.78 Å². The minimum atomic E-state index is -0.777. The molecule has 1 aliphatic rings. The third-order valence-corrected chi connectivity index (χ3v) is 3.00. The molecule has 4 heteroatoms. The minimum Gasteiger partial charge on any atom is -0.228 e. The number of hydrogen-bond donors (Lipinski definition) is 0. The Kier molecular flexibility index (Phi) is 6.45. The van der Waals surface area contributed by atoms with Gasteiger partial charge in [-0.1, -0.05) is 19.3 Å². The second-order valence-electron chi connectivity index (χ2n) is 7.74. The summed E-state index contributed by atoms with van der Waals surface area (Å²) in [4.78, 5) is 22.5. The van der Waals surface area contributed by atoms with E-state index in [1.165, 1.54) is 19.3 Å². The van der Waals surface area contributed by atoms with E-state index in [0.717, 1.165) is 25.7 Å². The Morgan fingerprint density at radius 2 is 0.950 bits per heavy atom. The molecule has 0 saturated heterocycles. The van der Waals surface area contributed by atoms with Crippen LogP contribution in [0.2, 0.25) is 0 Å². The van der Waals surface area contributed by atoms with E-state index in [2.05, 4.69) is 0 Å². The van der Waals surface area contributed by atoms with Crippen molar-refractivity contribution in [1.82, 2.24) is 0 Å². The quantitative estimate of drug-likeness (QED) is 0.418. The molecule has 0 N–H and O–H groups in total. The van der Waals surface area contributed by atoms with Gasteiger partial charge >= 0.3 is 0 Å². The highest BCUT2D eigenvalue weighted by Crippen LogP contribution is 2.33. The van der Waals surface area contributed by atoms with Crippen LogP contribution in [-0.4, -0.2) is 17.0 Å². The first-order valence-electron chi connectivity index (χ1n) is 7.86. The van der Waals surface area contributed by atoms with Crippen LogP contribution in [0.25, 0.3) is 0 Å². The Labute approximate surface area is 124 Å². The summed E-state index contributed by atoms with van der Waals surface area (Å²) in [5.41, 5.74) is -0.721. The third kappa shape index (κ3) is 7.58. The van der Waals surface area contributed by atoms with Gasteiger partial charge in [-0.15, -0.1) is 0 Å². The summed E-state index contributed by atoms with van der Waals surface area (Å²) in [6.45, 7) is 11.8. The lowest BCUT2D eigenvalue weighted by Crippen LogP contribution is -2.41. The van der Waals surface area contributed by atoms with Gasteiger partial charge in [0.1, 0.15) is 0 Å². The zero-order valence-corrected chi connectivity index (χ0v) is 14.1. The molecule has 1 rings (SSSR count). The molecule has 0 aromatic heterocycles. The topological polar surface area (TPSA) is 36.9 Å². The molecule has 20 heavy (non-hydrogen) atoms. The van der Waals surface area contributed by atoms with Gasteiger partial charge in [-0.05, 0) is 54.4 Å². The molecule has 0 amide bonds. The summed E-state index contributed by atoms with van der Waals surface area (Å²) in [6.07, 6.45) is 7.45. The van der Waals surface area contributed by atoms with Crippen molar-refractivity contribution in [3.8, 4) is 0 Å². The summed E-state index contributed by atoms with van der Waals surface area (Å²) in [7, 11) is 0. The number of rotatable bonds is 4. The van der Waals surface area contributed by atoms with E-state index in [4.69, 9.17) is 19.6 Å². The van der Waals surface area contributed by atoms with Gasteiger partial charge in [0.05, 0.1) is 11.2 Å². The summed E-state index contributed by atoms with van der Waals surface area (Å²) >= 11 is 0. The second-order valence-corrected chi connectivity index (χ2v) is 7.74. The lowest BCUT2D eigenvalue weighted by atomic mass is 9.96. The van der Waals surface area contributed by atoms with Crippen molar-refractivity contribution in [2.75, 3.05) is 0 Å². The fourth-order valence-electron chi connectivity index (χ4n) is 2.03. The highest BCUT2D eigenvalue weighted by molar-refractivity contribution is 4.72. The molecule has 0 aromatic carbocycles. The van der Waals surface area contributed by atoms with Crippen molar-refractivity contribution in [2.45, 2.75) is 103 Å². The highest BCUT2D eigenvalue weighted by Gasteiger charge is 2.38. The molecule has 0 unspecified atom stereocenters. The van der Waals surface area contributed by atoms with Gasteiger partial charge in [0.25, 0.3) is 0 Å². The van der Waals surface area contributed by atoms with Crippen LogP contribution in [0.1, 0.15) is 86.5 Å². The molecule has 4 nitrogen and oxygen atoms in total. The maximum Gasteiger partial charge on any atom is 0.234 e. The molecule has 1 fully saturated rings. The maximum absolute atomic E-state index is 5.72. The molecule has 1 saturated carbocycles. The first-order chi connectivity index (χ1) is 9.12. The molecule has 0 aromatic rings. The van der Waals surface area contributed by atoms with Crippen LogP contribution < -0.4 is 0 Å². The summed E-state index contributed by atoms with van der Waals surface area (Å²) in [5.74, 6) is -0.777. The standard InChI is InChI=1S/C16H32O4/c1-14(2,3)17-19-16(20-18-15(4,5)6)12-10-8-7-9-11-13-16/h7-13H2,1-6H3. The van der Waals surface area contributed by atoms with Crippen LogP contribution in [0.3, 0.4) is 0 Å². The predicted molar refractivity (Wildman–Crippen MR) is 78.9 cm³/mol. The maximum atomic E-state index is 5.72. The minimum absolute atomic E-state index is 0.361. The van der Waals surface area contributed by atoms with Crippen molar-refractivity contribution in [2.24, 2.45) is 0 Å². The van der Waals surface area contributed by atoms with Crippen LogP contribution in [0.4, 0.5) is 0 Å². The zero-order chi connectivity index (χ0) is 15.3. The van der Waals surface area contributed by atoms with E-state index >= 15 is 0 Å². The van der Waals surface area contributed by atoms with Crippen molar-refractivity contribution in [1.29, 1.82) is 0 Å². The van der Waals surface area contributed by atoms with E-state index in [-0.39, 0.29) is 11.2 Å². The smallest absolute Gasteiger partial charge is 0.228 e. The SMILES string of the molecule is CC(C)(C)OOC1(OOC(C)(C)C)CCCCCCC1. The van der Waals surface area contributed by atoms with Crippen LogP contribution in [0.5, 0.6) is 0 Å². The largest absolute Gasteiger partial charge is 0.234 e. The van der Waals surface area contributed by atoms with Crippen molar-refractivity contribution in [3.05, 3.63) is 0 Å². The molecule has 0 aliphatic heterocycles. The van der Waals surface area contributed by atoms with Gasteiger partial charge in [-0.3, -0.25) is 0 Å². The fraction of sp³-hybridized carbons (Fsp3) is 1.00. The van der Waals surface area contributed by atoms with Crippen molar-refractivity contribution >= 4 is 0 Å². The Balaban J connectivity index is 2.68. The van der Waals surface area contributed by atoms with E-state index in [1.807, 2.05) is 41.5 Å². The number of hydrogen-bond acceptors (Lipinski definition) is 4. The van der Waals surface area contributed by atoms with Gasteiger partial charge in [0.2, 0.25) is 5.79 Å². The molecule has 0 bridgehead atoms. The van der Waals surface area contributed by atoms with Gasteiger partial charge in [0, 0.05) is 12.8 Å². The molecule has 0 spiro atoms. The van der Waals surface area contributed by atoms with Crippen LogP contribution in [0, 0.1) is 0 Å². The zero-order valence-electron chi connectivity index (χ0n) is 14.1. The Morgan fingerprint density at radius 1 is 0.600 bits per heavy atom. The van der Waals surface area contributed by atoms with E-state index in [0.29, 0.717) is 0 Å². The lowest BCUT2D eigenvalue weighted by Gasteiger charge is -2.36. The molecule has 1 aliphatic carbocycles. The van der Waals surface area contributed by atoms with Gasteiger partial charge in [0.15, 0.2) is 0 Å². The van der Waals surface area contributed by atoms with E-state index in [1.54, 1.807) is 0 Å². The fourth-order valence-corrected chi connectivity index (χ4v) is 2.03. The second kappa shape index (κ2) is 7.21. The first kappa shape index (κ1) is 17.9. The Bertz CT molecular complexity index is 247. The molecular weight excluding hydrogens is 256 g/mol. The third-order valence-electron chi connectivity index (χ3n) is 3.00. The summed E-state index contributed by atoms with van der Waals surface area (Å²) < 4.78 is 0. The predicted octanol–water partition coefficient (Wildman–Crippen LogP) is 4.92. The molecule has 0 atom stereocenters. The van der Waals surface area contributed by atoms with Crippen molar-refractivity contribution < 1.29 is 19.6 Å². The van der Waals surface area contributed by atoms with E-state index in [9.17, 15) is 0 Å². The van der Waals surface area contributed by atoms with Crippen molar-refractivity contribution in [3.63, 3.8) is 0 Å². The monoisotopic (exact) mass is 288 g/mol. The molecule has 0 heterocycles. The average Bonchev–Trinajstić information content (AvgIpc) is 2.25. The average molecular weight is 288 g/mol. The Hall–Kier alpha value is -0.160. The lowest BCUT2D eigenvalue weighted by molar-refractivity contribution is -0.544. The van der Waals surface area contributed by atoms with Crippen LogP contribution in [0.15, 0.2) is 0 Å². The Morgan fingerprint density at radius 3 is 1.30 bits per heavy atom. The summed E-state index contributed by atoms with van der Waals surface area (Å²) in [6, 6.07) is 0. The van der Waals surface area contributed by atoms with Crippen LogP contribution >= 0.6 is 0 Å². The molecule has 0 radical (unpaired) electrons. The first-order valence-corrected chi connectivity index (χ1v) is 7.86. The van der Waals surface area contributed by atoms with Crippen LogP contribution in [-0.2, 0) is 19.6 Å².